The molecule has 2 aromatic rings. The Morgan fingerprint density at radius 3 is 2.46 bits per heavy atom. The van der Waals surface area contributed by atoms with Crippen molar-refractivity contribution >= 4 is 15.8 Å². The van der Waals surface area contributed by atoms with E-state index < -0.39 is 37.5 Å². The van der Waals surface area contributed by atoms with Crippen molar-refractivity contribution in [3.05, 3.63) is 52.2 Å². The number of carboxylic acid groups (broad SMARTS) is 1. The van der Waals surface area contributed by atoms with Gasteiger partial charge in [0.05, 0.1) is 10.6 Å². The molecule has 1 aromatic carbocycles. The van der Waals surface area contributed by atoms with E-state index >= 15 is 0 Å². The molecule has 0 fully saturated rings. The van der Waals surface area contributed by atoms with Crippen LogP contribution < -0.4 is 5.56 Å². The van der Waals surface area contributed by atoms with E-state index in [1.54, 1.807) is 0 Å². The second kappa shape index (κ2) is 5.74. The Bertz CT molecular complexity index is 980. The van der Waals surface area contributed by atoms with Gasteiger partial charge in [0.25, 0.3) is 15.4 Å². The van der Waals surface area contributed by atoms with Gasteiger partial charge in [-0.3, -0.25) is 9.36 Å². The van der Waals surface area contributed by atoms with E-state index in [0.717, 1.165) is 22.9 Å². The Morgan fingerprint density at radius 2 is 1.92 bits per heavy atom. The number of hydrogen-bond acceptors (Lipinski definition) is 5. The summed E-state index contributed by atoms with van der Waals surface area (Å²) in [6, 6.07) is 3.56. The smallest absolute Gasteiger partial charge is 0.476 e. The minimum Gasteiger partial charge on any atom is -0.476 e. The van der Waals surface area contributed by atoms with E-state index in [1.807, 2.05) is 0 Å². The lowest BCUT2D eigenvalue weighted by molar-refractivity contribution is -0.0436. The summed E-state index contributed by atoms with van der Waals surface area (Å²) in [4.78, 5) is 25.5. The van der Waals surface area contributed by atoms with Crippen LogP contribution in [-0.2, 0) is 9.84 Å². The molecule has 0 bridgehead atoms. The number of rotatable bonds is 3. The minimum absolute atomic E-state index is 0.117. The lowest BCUT2D eigenvalue weighted by Gasteiger charge is -2.13. The van der Waals surface area contributed by atoms with Gasteiger partial charge in [0.2, 0.25) is 5.69 Å². The molecule has 128 valence electrons. The van der Waals surface area contributed by atoms with E-state index in [0.29, 0.717) is 6.07 Å². The first kappa shape index (κ1) is 17.7. The predicted octanol–water partition coefficient (Wildman–Crippen LogP) is 1.53. The highest BCUT2D eigenvalue weighted by Crippen LogP contribution is 2.30. The quantitative estimate of drug-likeness (QED) is 0.888. The van der Waals surface area contributed by atoms with Crippen molar-refractivity contribution in [3.63, 3.8) is 0 Å². The summed E-state index contributed by atoms with van der Waals surface area (Å²) in [5.74, 6) is -1.62. The maximum atomic E-state index is 12.6. The Balaban J connectivity index is 2.74. The lowest BCUT2D eigenvalue weighted by atomic mass is 10.3. The monoisotopic (exact) mass is 362 g/mol. The Hall–Kier alpha value is -2.69. The molecule has 0 aliphatic rings. The van der Waals surface area contributed by atoms with Crippen LogP contribution in [0.4, 0.5) is 13.2 Å². The summed E-state index contributed by atoms with van der Waals surface area (Å²) in [5, 5.41) is 8.90. The molecule has 7 nitrogen and oxygen atoms in total. The van der Waals surface area contributed by atoms with Crippen molar-refractivity contribution in [1.29, 1.82) is 0 Å². The van der Waals surface area contributed by atoms with Crippen molar-refractivity contribution in [1.82, 2.24) is 9.55 Å². The van der Waals surface area contributed by atoms with Gasteiger partial charge < -0.3 is 5.11 Å². The van der Waals surface area contributed by atoms with Crippen molar-refractivity contribution in [2.45, 2.75) is 17.3 Å². The Morgan fingerprint density at radius 1 is 1.29 bits per heavy atom. The number of nitrogens with zero attached hydrogens (tertiary/aromatic N) is 2. The standard InChI is InChI=1S/C13H9F3N2O5S/c1-7-6-17-10(12(20)21)11(19)18(7)8-3-2-4-9(5-8)24(22,23)13(14,15)16/h2-6H,1H3,(H,20,21). The van der Waals surface area contributed by atoms with E-state index in [1.165, 1.54) is 13.0 Å². The van der Waals surface area contributed by atoms with Crippen LogP contribution in [0.1, 0.15) is 16.2 Å². The summed E-state index contributed by atoms with van der Waals surface area (Å²) in [7, 11) is -5.61. The van der Waals surface area contributed by atoms with Crippen molar-refractivity contribution in [2.24, 2.45) is 0 Å². The van der Waals surface area contributed by atoms with Crippen LogP contribution in [0.25, 0.3) is 5.69 Å². The van der Waals surface area contributed by atoms with Gasteiger partial charge in [-0.25, -0.2) is 18.2 Å². The number of halogens is 3. The molecule has 0 amide bonds. The zero-order chi connectivity index (χ0) is 18.3. The number of aryl methyl sites for hydroxylation is 1. The number of aromatic nitrogens is 2. The zero-order valence-electron chi connectivity index (χ0n) is 11.9. The zero-order valence-corrected chi connectivity index (χ0v) is 12.7. The van der Waals surface area contributed by atoms with E-state index in [4.69, 9.17) is 5.11 Å². The highest BCUT2D eigenvalue weighted by molar-refractivity contribution is 7.92. The molecule has 0 saturated heterocycles. The summed E-state index contributed by atoms with van der Waals surface area (Å²) in [5.41, 5.74) is -7.55. The van der Waals surface area contributed by atoms with Crippen LogP contribution in [0.5, 0.6) is 0 Å². The SMILES string of the molecule is Cc1cnc(C(=O)O)c(=O)n1-c1cccc(S(=O)(=O)C(F)(F)F)c1. The number of aromatic carboxylic acids is 1. The van der Waals surface area contributed by atoms with Gasteiger partial charge in [-0.1, -0.05) is 6.07 Å². The van der Waals surface area contributed by atoms with Crippen LogP contribution in [0.15, 0.2) is 40.2 Å². The van der Waals surface area contributed by atoms with Crippen LogP contribution in [-0.4, -0.2) is 34.6 Å². The fourth-order valence-corrected chi connectivity index (χ4v) is 2.73. The topological polar surface area (TPSA) is 106 Å². The Kier molecular flexibility index (Phi) is 4.23. The van der Waals surface area contributed by atoms with E-state index in [9.17, 15) is 31.2 Å². The van der Waals surface area contributed by atoms with E-state index in [-0.39, 0.29) is 11.4 Å². The molecular formula is C13H9F3N2O5S. The van der Waals surface area contributed by atoms with Crippen LogP contribution in [0.2, 0.25) is 0 Å². The number of alkyl halides is 3. The number of carbonyl (C=O) groups is 1. The molecule has 0 spiro atoms. The van der Waals surface area contributed by atoms with Gasteiger partial charge in [0.1, 0.15) is 0 Å². The molecule has 24 heavy (non-hydrogen) atoms. The number of benzene rings is 1. The third kappa shape index (κ3) is 2.89. The second-order valence-corrected chi connectivity index (χ2v) is 6.58. The Labute approximate surface area is 132 Å². The average molecular weight is 362 g/mol. The molecule has 1 N–H and O–H groups in total. The summed E-state index contributed by atoms with van der Waals surface area (Å²) < 4.78 is 61.6. The predicted molar refractivity (Wildman–Crippen MR) is 74.8 cm³/mol. The van der Waals surface area contributed by atoms with Gasteiger partial charge >= 0.3 is 11.5 Å². The summed E-state index contributed by atoms with van der Waals surface area (Å²) in [6.45, 7) is 1.37. The summed E-state index contributed by atoms with van der Waals surface area (Å²) >= 11 is 0. The molecule has 0 radical (unpaired) electrons. The maximum absolute atomic E-state index is 12.6. The molecule has 0 saturated carbocycles. The first-order valence-electron chi connectivity index (χ1n) is 6.20. The molecule has 0 aliphatic carbocycles. The fraction of sp³-hybridized carbons (Fsp3) is 0.154. The lowest BCUT2D eigenvalue weighted by Crippen LogP contribution is -2.29. The second-order valence-electron chi connectivity index (χ2n) is 4.64. The number of carboxylic acids is 1. The van der Waals surface area contributed by atoms with Crippen molar-refractivity contribution in [3.8, 4) is 5.69 Å². The van der Waals surface area contributed by atoms with Gasteiger partial charge in [-0.05, 0) is 25.1 Å². The van der Waals surface area contributed by atoms with Crippen molar-refractivity contribution in [2.75, 3.05) is 0 Å². The third-order valence-electron chi connectivity index (χ3n) is 3.03. The highest BCUT2D eigenvalue weighted by Gasteiger charge is 2.46. The third-order valence-corrected chi connectivity index (χ3v) is 4.52. The molecular weight excluding hydrogens is 353 g/mol. The number of hydrogen-bond donors (Lipinski definition) is 1. The molecule has 1 aromatic heterocycles. The highest BCUT2D eigenvalue weighted by atomic mass is 32.2. The fourth-order valence-electron chi connectivity index (χ4n) is 1.93. The normalized spacial score (nSPS) is 12.2. The van der Waals surface area contributed by atoms with Crippen LogP contribution in [0, 0.1) is 6.92 Å². The molecule has 1 heterocycles. The number of sulfone groups is 1. The molecule has 11 heteroatoms. The molecule has 2 rings (SSSR count). The van der Waals surface area contributed by atoms with Crippen LogP contribution >= 0.6 is 0 Å². The van der Waals surface area contributed by atoms with Gasteiger partial charge in [-0.15, -0.1) is 0 Å². The van der Waals surface area contributed by atoms with E-state index in [2.05, 4.69) is 4.98 Å². The van der Waals surface area contributed by atoms with Gasteiger partial charge in [0, 0.05) is 11.9 Å². The molecule has 0 aliphatic heterocycles. The van der Waals surface area contributed by atoms with Crippen LogP contribution in [0.3, 0.4) is 0 Å². The largest absolute Gasteiger partial charge is 0.501 e. The molecule has 0 atom stereocenters. The van der Waals surface area contributed by atoms with Gasteiger partial charge in [0.15, 0.2) is 0 Å². The first-order chi connectivity index (χ1) is 11.0. The molecule has 0 unspecified atom stereocenters. The van der Waals surface area contributed by atoms with Gasteiger partial charge in [-0.2, -0.15) is 13.2 Å². The van der Waals surface area contributed by atoms with Crippen molar-refractivity contribution < 1.29 is 31.5 Å². The summed E-state index contributed by atoms with van der Waals surface area (Å²) in [6.07, 6.45) is 1.04. The minimum atomic E-state index is -5.61. The maximum Gasteiger partial charge on any atom is 0.501 e. The average Bonchev–Trinajstić information content (AvgIpc) is 2.46. The first-order valence-corrected chi connectivity index (χ1v) is 7.69.